The van der Waals surface area contributed by atoms with E-state index in [2.05, 4.69) is 5.32 Å². The molecule has 0 saturated heterocycles. The summed E-state index contributed by atoms with van der Waals surface area (Å²) in [7, 11) is 0. The SMILES string of the molecule is Cc1cc(O)ccc1C(=O)Nc1ccc(F)c(CN)c1. The number of anilines is 1. The average Bonchev–Trinajstić information content (AvgIpc) is 2.40. The third-order valence-corrected chi connectivity index (χ3v) is 2.98. The number of benzene rings is 2. The first-order valence-electron chi connectivity index (χ1n) is 6.10. The topological polar surface area (TPSA) is 75.3 Å². The highest BCUT2D eigenvalue weighted by Gasteiger charge is 2.11. The van der Waals surface area contributed by atoms with Gasteiger partial charge in [-0.05, 0) is 48.9 Å². The molecule has 5 heteroatoms. The first-order valence-corrected chi connectivity index (χ1v) is 6.10. The first-order chi connectivity index (χ1) is 9.51. The van der Waals surface area contributed by atoms with E-state index in [1.54, 1.807) is 6.92 Å². The minimum absolute atomic E-state index is 0.0633. The minimum Gasteiger partial charge on any atom is -0.508 e. The molecule has 2 rings (SSSR count). The molecule has 0 heterocycles. The van der Waals surface area contributed by atoms with Crippen molar-refractivity contribution in [2.45, 2.75) is 13.5 Å². The third kappa shape index (κ3) is 2.95. The fraction of sp³-hybridized carbons (Fsp3) is 0.133. The van der Waals surface area contributed by atoms with Gasteiger partial charge in [-0.15, -0.1) is 0 Å². The minimum atomic E-state index is -0.397. The van der Waals surface area contributed by atoms with Crippen LogP contribution in [0.3, 0.4) is 0 Å². The van der Waals surface area contributed by atoms with Gasteiger partial charge in [0, 0.05) is 23.4 Å². The highest BCUT2D eigenvalue weighted by molar-refractivity contribution is 6.05. The third-order valence-electron chi connectivity index (χ3n) is 2.98. The van der Waals surface area contributed by atoms with E-state index in [4.69, 9.17) is 5.73 Å². The van der Waals surface area contributed by atoms with Crippen LogP contribution in [0.2, 0.25) is 0 Å². The Balaban J connectivity index is 2.23. The van der Waals surface area contributed by atoms with Crippen LogP contribution in [0.15, 0.2) is 36.4 Å². The second-order valence-corrected chi connectivity index (χ2v) is 4.46. The molecule has 0 aromatic heterocycles. The molecule has 1 amide bonds. The molecule has 0 bridgehead atoms. The summed E-state index contributed by atoms with van der Waals surface area (Å²) < 4.78 is 13.3. The summed E-state index contributed by atoms with van der Waals surface area (Å²) >= 11 is 0. The summed E-state index contributed by atoms with van der Waals surface area (Å²) in [6.07, 6.45) is 0. The molecule has 0 saturated carbocycles. The molecule has 2 aromatic carbocycles. The van der Waals surface area contributed by atoms with Crippen molar-refractivity contribution >= 4 is 11.6 Å². The van der Waals surface area contributed by atoms with Crippen LogP contribution < -0.4 is 11.1 Å². The van der Waals surface area contributed by atoms with Crippen LogP contribution in [0.25, 0.3) is 0 Å². The quantitative estimate of drug-likeness (QED) is 0.805. The molecule has 0 aliphatic rings. The van der Waals surface area contributed by atoms with Crippen LogP contribution in [0, 0.1) is 12.7 Å². The maximum Gasteiger partial charge on any atom is 0.255 e. The summed E-state index contributed by atoms with van der Waals surface area (Å²) in [5.74, 6) is -0.616. The van der Waals surface area contributed by atoms with Gasteiger partial charge in [0.1, 0.15) is 11.6 Å². The van der Waals surface area contributed by atoms with Crippen LogP contribution in [0.1, 0.15) is 21.5 Å². The molecule has 0 spiro atoms. The number of halogens is 1. The van der Waals surface area contributed by atoms with Crippen molar-refractivity contribution in [2.75, 3.05) is 5.32 Å². The summed E-state index contributed by atoms with van der Waals surface area (Å²) in [6, 6.07) is 8.72. The maximum absolute atomic E-state index is 13.3. The Morgan fingerprint density at radius 2 is 2.05 bits per heavy atom. The van der Waals surface area contributed by atoms with Gasteiger partial charge in [0.15, 0.2) is 0 Å². The van der Waals surface area contributed by atoms with Crippen molar-refractivity contribution in [3.05, 3.63) is 58.9 Å². The van der Waals surface area contributed by atoms with Gasteiger partial charge in [-0.1, -0.05) is 0 Å². The smallest absolute Gasteiger partial charge is 0.255 e. The van der Waals surface area contributed by atoms with Crippen LogP contribution in [-0.4, -0.2) is 11.0 Å². The van der Waals surface area contributed by atoms with E-state index in [1.807, 2.05) is 0 Å². The number of nitrogens with one attached hydrogen (secondary N) is 1. The lowest BCUT2D eigenvalue weighted by Gasteiger charge is -2.09. The first kappa shape index (κ1) is 14.0. The number of carbonyl (C=O) groups excluding carboxylic acids is 1. The van der Waals surface area contributed by atoms with Gasteiger partial charge in [0.2, 0.25) is 0 Å². The van der Waals surface area contributed by atoms with Gasteiger partial charge in [-0.3, -0.25) is 4.79 Å². The Morgan fingerprint density at radius 1 is 1.30 bits per heavy atom. The number of aromatic hydroxyl groups is 1. The Kier molecular flexibility index (Phi) is 4.00. The molecule has 0 radical (unpaired) electrons. The van der Waals surface area contributed by atoms with Crippen molar-refractivity contribution < 1.29 is 14.3 Å². The summed E-state index contributed by atoms with van der Waals surface area (Å²) in [5, 5.41) is 12.0. The molecule has 0 fully saturated rings. The molecule has 104 valence electrons. The Hall–Kier alpha value is -2.40. The van der Waals surface area contributed by atoms with Crippen LogP contribution >= 0.6 is 0 Å². The van der Waals surface area contributed by atoms with Gasteiger partial charge in [0.25, 0.3) is 5.91 Å². The number of phenols is 1. The lowest BCUT2D eigenvalue weighted by Crippen LogP contribution is -2.14. The number of carbonyl (C=O) groups is 1. The predicted molar refractivity (Wildman–Crippen MR) is 75.1 cm³/mol. The predicted octanol–water partition coefficient (Wildman–Crippen LogP) is 2.55. The summed E-state index contributed by atoms with van der Waals surface area (Å²) in [6.45, 7) is 1.79. The van der Waals surface area contributed by atoms with E-state index in [0.717, 1.165) is 0 Å². The molecule has 4 N–H and O–H groups in total. The molecule has 0 unspecified atom stereocenters. The molecular weight excluding hydrogens is 259 g/mol. The second kappa shape index (κ2) is 5.71. The van der Waals surface area contributed by atoms with E-state index in [0.29, 0.717) is 22.4 Å². The van der Waals surface area contributed by atoms with E-state index in [-0.39, 0.29) is 18.2 Å². The van der Waals surface area contributed by atoms with Crippen LogP contribution in [0.5, 0.6) is 5.75 Å². The Labute approximate surface area is 116 Å². The summed E-state index contributed by atoms with van der Waals surface area (Å²) in [5.41, 5.74) is 7.34. The zero-order valence-electron chi connectivity index (χ0n) is 11.0. The Bertz CT molecular complexity index is 656. The second-order valence-electron chi connectivity index (χ2n) is 4.46. The van der Waals surface area contributed by atoms with Crippen molar-refractivity contribution in [1.82, 2.24) is 0 Å². The highest BCUT2D eigenvalue weighted by Crippen LogP contribution is 2.19. The number of rotatable bonds is 3. The normalized spacial score (nSPS) is 10.3. The molecule has 0 aliphatic heterocycles. The van der Waals surface area contributed by atoms with Crippen LogP contribution in [-0.2, 0) is 6.54 Å². The van der Waals surface area contributed by atoms with Crippen molar-refractivity contribution in [2.24, 2.45) is 5.73 Å². The highest BCUT2D eigenvalue weighted by atomic mass is 19.1. The number of nitrogens with two attached hydrogens (primary N) is 1. The standard InChI is InChI=1S/C15H15FN2O2/c1-9-6-12(19)3-4-13(9)15(20)18-11-2-5-14(16)10(7-11)8-17/h2-7,19H,8,17H2,1H3,(H,18,20). The van der Waals surface area contributed by atoms with Crippen molar-refractivity contribution in [3.63, 3.8) is 0 Å². The number of hydrogen-bond donors (Lipinski definition) is 3. The molecule has 0 aliphatic carbocycles. The van der Waals surface area contributed by atoms with Crippen molar-refractivity contribution in [3.8, 4) is 5.75 Å². The van der Waals surface area contributed by atoms with Gasteiger partial charge in [-0.25, -0.2) is 4.39 Å². The number of hydrogen-bond acceptors (Lipinski definition) is 3. The Morgan fingerprint density at radius 3 is 2.70 bits per heavy atom. The molecular formula is C15H15FN2O2. The number of amides is 1. The van der Waals surface area contributed by atoms with E-state index in [1.165, 1.54) is 36.4 Å². The number of aryl methyl sites for hydroxylation is 1. The largest absolute Gasteiger partial charge is 0.508 e. The van der Waals surface area contributed by atoms with Gasteiger partial charge >= 0.3 is 0 Å². The zero-order valence-corrected chi connectivity index (χ0v) is 11.0. The molecule has 20 heavy (non-hydrogen) atoms. The van der Waals surface area contributed by atoms with Gasteiger partial charge in [0.05, 0.1) is 0 Å². The van der Waals surface area contributed by atoms with Crippen molar-refractivity contribution in [1.29, 1.82) is 0 Å². The fourth-order valence-corrected chi connectivity index (χ4v) is 1.91. The van der Waals surface area contributed by atoms with Crippen LogP contribution in [0.4, 0.5) is 10.1 Å². The lowest BCUT2D eigenvalue weighted by atomic mass is 10.1. The fourth-order valence-electron chi connectivity index (χ4n) is 1.91. The van der Waals surface area contributed by atoms with E-state index >= 15 is 0 Å². The average molecular weight is 274 g/mol. The van der Waals surface area contributed by atoms with E-state index in [9.17, 15) is 14.3 Å². The summed E-state index contributed by atoms with van der Waals surface area (Å²) in [4.78, 5) is 12.1. The monoisotopic (exact) mass is 274 g/mol. The van der Waals surface area contributed by atoms with E-state index < -0.39 is 5.82 Å². The molecule has 2 aromatic rings. The zero-order chi connectivity index (χ0) is 14.7. The number of phenolic OH excluding ortho intramolecular Hbond substituents is 1. The van der Waals surface area contributed by atoms with Gasteiger partial charge in [-0.2, -0.15) is 0 Å². The van der Waals surface area contributed by atoms with Gasteiger partial charge < -0.3 is 16.2 Å². The molecule has 4 nitrogen and oxygen atoms in total. The lowest BCUT2D eigenvalue weighted by molar-refractivity contribution is 0.102. The maximum atomic E-state index is 13.3. The molecule has 0 atom stereocenters.